The standard InChI is InChI=1S/C34H44F3N7O2/c1-20-28(21(2)43-42-20)25-13-14-27(39-31(25)35)40-33(46)30(29(23-9-5-3-6-10-23)24-11-7-4-8-12-24)41-32(45)26-15-16-38-44(26)19-22-17-34(36,37)18-22/h13-16,22-24,29-30H,3-12,17-19H2,1-2H3,(H,41,45)(H,42,43)(H,39,40,46)/t30-/m0/s1. The van der Waals surface area contributed by atoms with Gasteiger partial charge in [0, 0.05) is 42.4 Å². The Kier molecular flexibility index (Phi) is 9.52. The normalized spacial score (nSPS) is 20.0. The van der Waals surface area contributed by atoms with Gasteiger partial charge in [0.1, 0.15) is 17.6 Å². The van der Waals surface area contributed by atoms with E-state index in [2.05, 4.69) is 30.9 Å². The summed E-state index contributed by atoms with van der Waals surface area (Å²) in [4.78, 5) is 32.2. The largest absolute Gasteiger partial charge is 0.339 e. The lowest BCUT2D eigenvalue weighted by Crippen LogP contribution is -2.53. The molecule has 248 valence electrons. The second-order valence-corrected chi connectivity index (χ2v) is 13.7. The quantitative estimate of drug-likeness (QED) is 0.207. The first kappa shape index (κ1) is 32.2. The summed E-state index contributed by atoms with van der Waals surface area (Å²) in [6.45, 7) is 3.80. The van der Waals surface area contributed by atoms with Gasteiger partial charge in [-0.2, -0.15) is 14.6 Å². The number of halogens is 3. The number of H-pyrrole nitrogens is 1. The molecule has 3 aromatic heterocycles. The van der Waals surface area contributed by atoms with Gasteiger partial charge in [0.05, 0.1) is 5.69 Å². The van der Waals surface area contributed by atoms with E-state index in [4.69, 9.17) is 0 Å². The molecule has 1 atom stereocenters. The van der Waals surface area contributed by atoms with Crippen LogP contribution in [0.4, 0.5) is 19.0 Å². The monoisotopic (exact) mass is 639 g/mol. The molecule has 0 unspecified atom stereocenters. The number of hydrogen-bond acceptors (Lipinski definition) is 5. The number of aryl methyl sites for hydroxylation is 2. The molecule has 3 heterocycles. The van der Waals surface area contributed by atoms with E-state index in [1.54, 1.807) is 25.1 Å². The minimum atomic E-state index is -2.67. The van der Waals surface area contributed by atoms with Crippen molar-refractivity contribution in [1.29, 1.82) is 0 Å². The van der Waals surface area contributed by atoms with E-state index >= 15 is 4.39 Å². The Morgan fingerprint density at radius 3 is 2.22 bits per heavy atom. The van der Waals surface area contributed by atoms with Crippen LogP contribution in [0.2, 0.25) is 0 Å². The molecule has 3 aliphatic rings. The highest BCUT2D eigenvalue weighted by atomic mass is 19.3. The number of hydrogen-bond donors (Lipinski definition) is 3. The van der Waals surface area contributed by atoms with E-state index in [0.29, 0.717) is 17.0 Å². The SMILES string of the molecule is Cc1n[nH]c(C)c1-c1ccc(NC(=O)[C@@H](NC(=O)c2ccnn2CC2CC(F)(F)C2)C(C2CCCCC2)C2CCCCC2)nc1F. The smallest absolute Gasteiger partial charge is 0.270 e. The fourth-order valence-electron chi connectivity index (χ4n) is 8.19. The van der Waals surface area contributed by atoms with Gasteiger partial charge in [0.15, 0.2) is 0 Å². The Bertz CT molecular complexity index is 1500. The fourth-order valence-corrected chi connectivity index (χ4v) is 8.19. The lowest BCUT2D eigenvalue weighted by Gasteiger charge is -2.42. The third kappa shape index (κ3) is 7.00. The van der Waals surface area contributed by atoms with Crippen molar-refractivity contribution in [3.8, 4) is 11.1 Å². The van der Waals surface area contributed by atoms with Crippen LogP contribution < -0.4 is 10.6 Å². The van der Waals surface area contributed by atoms with Crippen LogP contribution in [0.15, 0.2) is 24.4 Å². The van der Waals surface area contributed by atoms with Gasteiger partial charge in [0.25, 0.3) is 5.91 Å². The number of carbonyl (C=O) groups excluding carboxylic acids is 2. The molecule has 0 spiro atoms. The molecule has 3 aliphatic carbocycles. The predicted molar refractivity (Wildman–Crippen MR) is 168 cm³/mol. The van der Waals surface area contributed by atoms with Crippen LogP contribution in [0.25, 0.3) is 11.1 Å². The summed E-state index contributed by atoms with van der Waals surface area (Å²) in [7, 11) is 0. The number of carbonyl (C=O) groups is 2. The van der Waals surface area contributed by atoms with Crippen LogP contribution in [-0.4, -0.2) is 48.7 Å². The molecule has 0 saturated heterocycles. The lowest BCUT2D eigenvalue weighted by atomic mass is 9.66. The van der Waals surface area contributed by atoms with Crippen LogP contribution in [0.3, 0.4) is 0 Å². The van der Waals surface area contributed by atoms with E-state index in [1.807, 2.05) is 6.92 Å². The Hall–Kier alpha value is -3.70. The van der Waals surface area contributed by atoms with Gasteiger partial charge in [-0.15, -0.1) is 0 Å². The number of amides is 2. The highest BCUT2D eigenvalue weighted by molar-refractivity contribution is 6.00. The average molecular weight is 640 g/mol. The summed E-state index contributed by atoms with van der Waals surface area (Å²) < 4.78 is 43.9. The number of pyridine rings is 1. The maximum Gasteiger partial charge on any atom is 0.270 e. The van der Waals surface area contributed by atoms with E-state index < -0.39 is 29.7 Å². The number of alkyl halides is 2. The van der Waals surface area contributed by atoms with E-state index in [9.17, 15) is 18.4 Å². The van der Waals surface area contributed by atoms with Gasteiger partial charge in [-0.05, 0) is 55.7 Å². The van der Waals surface area contributed by atoms with Crippen LogP contribution in [0.5, 0.6) is 0 Å². The molecule has 46 heavy (non-hydrogen) atoms. The molecule has 0 bridgehead atoms. The highest BCUT2D eigenvalue weighted by Crippen LogP contribution is 2.44. The molecule has 6 rings (SSSR count). The fraction of sp³-hybridized carbons (Fsp3) is 0.618. The van der Waals surface area contributed by atoms with Gasteiger partial charge in [-0.25, -0.2) is 13.8 Å². The van der Waals surface area contributed by atoms with Gasteiger partial charge in [-0.1, -0.05) is 64.2 Å². The minimum Gasteiger partial charge on any atom is -0.339 e. The van der Waals surface area contributed by atoms with Gasteiger partial charge >= 0.3 is 0 Å². The zero-order chi connectivity index (χ0) is 32.4. The topological polar surface area (TPSA) is 118 Å². The molecular formula is C34H44F3N7O2. The molecule has 3 fully saturated rings. The molecule has 9 nitrogen and oxygen atoms in total. The molecular weight excluding hydrogens is 595 g/mol. The second-order valence-electron chi connectivity index (χ2n) is 13.7. The summed E-state index contributed by atoms with van der Waals surface area (Å²) >= 11 is 0. The Balaban J connectivity index is 1.28. The molecule has 3 N–H and O–H groups in total. The number of nitrogens with one attached hydrogen (secondary N) is 3. The lowest BCUT2D eigenvalue weighted by molar-refractivity contribution is -0.121. The van der Waals surface area contributed by atoms with E-state index in [-0.39, 0.29) is 60.1 Å². The van der Waals surface area contributed by atoms with Gasteiger partial charge in [0.2, 0.25) is 17.8 Å². The maximum absolute atomic E-state index is 15.4. The Morgan fingerprint density at radius 2 is 1.65 bits per heavy atom. The van der Waals surface area contributed by atoms with Crippen molar-refractivity contribution in [2.75, 3.05) is 5.32 Å². The van der Waals surface area contributed by atoms with Crippen molar-refractivity contribution in [2.45, 2.75) is 109 Å². The van der Waals surface area contributed by atoms with Crippen molar-refractivity contribution in [3.05, 3.63) is 47.4 Å². The summed E-state index contributed by atoms with van der Waals surface area (Å²) in [5.41, 5.74) is 2.51. The summed E-state index contributed by atoms with van der Waals surface area (Å²) in [5, 5.41) is 17.2. The van der Waals surface area contributed by atoms with Crippen LogP contribution in [-0.2, 0) is 11.3 Å². The first-order valence-electron chi connectivity index (χ1n) is 16.8. The van der Waals surface area contributed by atoms with Gasteiger partial charge < -0.3 is 10.6 Å². The van der Waals surface area contributed by atoms with Crippen molar-refractivity contribution in [1.82, 2.24) is 30.3 Å². The molecule has 0 aromatic carbocycles. The Labute approximate surface area is 267 Å². The first-order valence-corrected chi connectivity index (χ1v) is 16.8. The number of rotatable bonds is 10. The molecule has 12 heteroatoms. The number of aromatic amines is 1. The molecule has 3 saturated carbocycles. The number of nitrogens with zero attached hydrogens (tertiary/aromatic N) is 4. The second kappa shape index (κ2) is 13.6. The zero-order valence-corrected chi connectivity index (χ0v) is 26.6. The molecule has 0 radical (unpaired) electrons. The average Bonchev–Trinajstić information content (AvgIpc) is 3.62. The van der Waals surface area contributed by atoms with Crippen molar-refractivity contribution < 1.29 is 22.8 Å². The van der Waals surface area contributed by atoms with E-state index in [1.165, 1.54) is 10.9 Å². The third-order valence-corrected chi connectivity index (χ3v) is 10.4. The zero-order valence-electron chi connectivity index (χ0n) is 26.6. The summed E-state index contributed by atoms with van der Waals surface area (Å²) in [6, 6.07) is 3.82. The Morgan fingerprint density at radius 1 is 1.00 bits per heavy atom. The van der Waals surface area contributed by atoms with Crippen LogP contribution in [0.1, 0.15) is 98.9 Å². The van der Waals surface area contributed by atoms with Crippen molar-refractivity contribution in [2.24, 2.45) is 23.7 Å². The predicted octanol–water partition coefficient (Wildman–Crippen LogP) is 6.98. The van der Waals surface area contributed by atoms with Crippen molar-refractivity contribution >= 4 is 17.6 Å². The molecule has 2 amide bonds. The highest BCUT2D eigenvalue weighted by Gasteiger charge is 2.46. The molecule has 0 aliphatic heterocycles. The first-order chi connectivity index (χ1) is 22.1. The summed E-state index contributed by atoms with van der Waals surface area (Å²) in [6.07, 6.45) is 11.6. The summed E-state index contributed by atoms with van der Waals surface area (Å²) in [5.74, 6) is -4.10. The number of aromatic nitrogens is 5. The maximum atomic E-state index is 15.4. The van der Waals surface area contributed by atoms with E-state index in [0.717, 1.165) is 64.2 Å². The minimum absolute atomic E-state index is 0.0614. The van der Waals surface area contributed by atoms with Crippen molar-refractivity contribution in [3.63, 3.8) is 0 Å². The third-order valence-electron chi connectivity index (χ3n) is 10.4. The van der Waals surface area contributed by atoms with Gasteiger partial charge in [-0.3, -0.25) is 19.4 Å². The van der Waals surface area contributed by atoms with Crippen LogP contribution >= 0.6 is 0 Å². The van der Waals surface area contributed by atoms with Crippen LogP contribution in [0, 0.1) is 43.5 Å². The molecule has 3 aromatic rings. The number of anilines is 1.